The molecule has 0 bridgehead atoms. The molecule has 0 aliphatic carbocycles. The van der Waals surface area contributed by atoms with Crippen LogP contribution in [0.25, 0.3) is 38.6 Å². The minimum Gasteiger partial charge on any atom is -0.496 e. The first-order valence-electron chi connectivity index (χ1n) is 12.8. The SMILES string of the molecule is COc1ccc(C(C)(C)C)cc1-c1cc(C(C)(C)C)cc(-n2c3ccccc3c3ccccc32)c1C. The van der Waals surface area contributed by atoms with Crippen LogP contribution in [-0.4, -0.2) is 11.7 Å². The van der Waals surface area contributed by atoms with Crippen LogP contribution in [-0.2, 0) is 10.8 Å². The second-order valence-electron chi connectivity index (χ2n) is 12.0. The topological polar surface area (TPSA) is 14.2 Å². The second-order valence-corrected chi connectivity index (χ2v) is 12.0. The Morgan fingerprint density at radius 2 is 1.14 bits per heavy atom. The summed E-state index contributed by atoms with van der Waals surface area (Å²) in [5, 5.41) is 2.56. The van der Waals surface area contributed by atoms with Crippen LogP contribution < -0.4 is 4.74 Å². The molecule has 0 amide bonds. The van der Waals surface area contributed by atoms with Crippen LogP contribution in [0.3, 0.4) is 0 Å². The van der Waals surface area contributed by atoms with Gasteiger partial charge in [0, 0.05) is 22.0 Å². The van der Waals surface area contributed by atoms with Gasteiger partial charge in [-0.05, 0) is 70.3 Å². The van der Waals surface area contributed by atoms with E-state index in [0.717, 1.165) is 11.3 Å². The Bertz CT molecular complexity index is 1530. The van der Waals surface area contributed by atoms with Crippen molar-refractivity contribution in [1.29, 1.82) is 0 Å². The summed E-state index contributed by atoms with van der Waals surface area (Å²) in [7, 11) is 1.77. The largest absolute Gasteiger partial charge is 0.496 e. The molecule has 184 valence electrons. The van der Waals surface area contributed by atoms with Crippen molar-refractivity contribution in [3.63, 3.8) is 0 Å². The molecule has 4 aromatic carbocycles. The lowest BCUT2D eigenvalue weighted by Crippen LogP contribution is -2.14. The molecule has 0 N–H and O–H groups in total. The van der Waals surface area contributed by atoms with Gasteiger partial charge in [-0.3, -0.25) is 0 Å². The molecule has 0 atom stereocenters. The summed E-state index contributed by atoms with van der Waals surface area (Å²) in [5.41, 5.74) is 9.95. The molecule has 0 saturated carbocycles. The van der Waals surface area contributed by atoms with E-state index < -0.39 is 0 Å². The van der Waals surface area contributed by atoms with Crippen molar-refractivity contribution in [3.05, 3.63) is 95.6 Å². The number of benzene rings is 4. The van der Waals surface area contributed by atoms with Gasteiger partial charge in [-0.1, -0.05) is 90.1 Å². The fraction of sp³-hybridized carbons (Fsp3) is 0.294. The number of hydrogen-bond donors (Lipinski definition) is 0. The standard InChI is InChI=1S/C34H37NO/c1-22-27(28-19-23(33(2,3)4)17-18-32(28)36-8)20-24(34(5,6)7)21-31(22)35-29-15-11-9-13-25(29)26-14-10-12-16-30(26)35/h9-21H,1-8H3. The number of fused-ring (bicyclic) bond motifs is 3. The number of para-hydroxylation sites is 2. The van der Waals surface area contributed by atoms with E-state index in [2.05, 4.69) is 132 Å². The Hall–Kier alpha value is -3.52. The van der Waals surface area contributed by atoms with Gasteiger partial charge in [-0.15, -0.1) is 0 Å². The zero-order valence-electron chi connectivity index (χ0n) is 22.9. The molecule has 5 rings (SSSR count). The Morgan fingerprint density at radius 1 is 0.611 bits per heavy atom. The quantitative estimate of drug-likeness (QED) is 0.253. The summed E-state index contributed by atoms with van der Waals surface area (Å²) in [5.74, 6) is 0.908. The van der Waals surface area contributed by atoms with Gasteiger partial charge in [-0.2, -0.15) is 0 Å². The van der Waals surface area contributed by atoms with Gasteiger partial charge in [0.15, 0.2) is 0 Å². The number of nitrogens with zero attached hydrogens (tertiary/aromatic N) is 1. The maximum absolute atomic E-state index is 5.91. The predicted molar refractivity (Wildman–Crippen MR) is 155 cm³/mol. The minimum absolute atomic E-state index is 0.00909. The van der Waals surface area contributed by atoms with Crippen LogP contribution in [0.4, 0.5) is 0 Å². The molecule has 0 radical (unpaired) electrons. The van der Waals surface area contributed by atoms with Gasteiger partial charge >= 0.3 is 0 Å². The lowest BCUT2D eigenvalue weighted by Gasteiger charge is -2.26. The molecular formula is C34H37NO. The van der Waals surface area contributed by atoms with E-state index in [1.807, 2.05) is 0 Å². The first kappa shape index (κ1) is 24.2. The molecule has 0 unspecified atom stereocenters. The third-order valence-electron chi connectivity index (χ3n) is 7.42. The molecule has 0 aliphatic heterocycles. The van der Waals surface area contributed by atoms with Crippen LogP contribution >= 0.6 is 0 Å². The van der Waals surface area contributed by atoms with Crippen molar-refractivity contribution in [2.45, 2.75) is 59.3 Å². The fourth-order valence-electron chi connectivity index (χ4n) is 5.21. The van der Waals surface area contributed by atoms with Crippen molar-refractivity contribution in [2.24, 2.45) is 0 Å². The maximum atomic E-state index is 5.91. The predicted octanol–water partition coefficient (Wildman–Crippen LogP) is 9.36. The van der Waals surface area contributed by atoms with Crippen LogP contribution in [0.2, 0.25) is 0 Å². The Balaban J connectivity index is 1.91. The molecule has 2 heteroatoms. The second kappa shape index (κ2) is 8.55. The normalized spacial score (nSPS) is 12.4. The summed E-state index contributed by atoms with van der Waals surface area (Å²) >= 11 is 0. The monoisotopic (exact) mass is 475 g/mol. The fourth-order valence-corrected chi connectivity index (χ4v) is 5.21. The summed E-state index contributed by atoms with van der Waals surface area (Å²) in [6.07, 6.45) is 0. The van der Waals surface area contributed by atoms with E-state index in [1.54, 1.807) is 7.11 Å². The highest BCUT2D eigenvalue weighted by Gasteiger charge is 2.24. The highest BCUT2D eigenvalue weighted by Crippen LogP contribution is 2.42. The third-order valence-corrected chi connectivity index (χ3v) is 7.42. The lowest BCUT2D eigenvalue weighted by atomic mass is 9.81. The molecule has 0 fully saturated rings. The average Bonchev–Trinajstić information content (AvgIpc) is 3.17. The number of aromatic nitrogens is 1. The van der Waals surface area contributed by atoms with Crippen LogP contribution in [0.15, 0.2) is 78.9 Å². The molecule has 1 heterocycles. The van der Waals surface area contributed by atoms with Gasteiger partial charge in [0.05, 0.1) is 18.1 Å². The summed E-state index contributed by atoms with van der Waals surface area (Å²) in [6, 6.07) is 28.9. The zero-order valence-corrected chi connectivity index (χ0v) is 22.9. The first-order valence-corrected chi connectivity index (χ1v) is 12.8. The number of methoxy groups -OCH3 is 1. The van der Waals surface area contributed by atoms with E-state index >= 15 is 0 Å². The van der Waals surface area contributed by atoms with Gasteiger partial charge in [0.25, 0.3) is 0 Å². The van der Waals surface area contributed by atoms with Gasteiger partial charge in [0.2, 0.25) is 0 Å². The van der Waals surface area contributed by atoms with E-state index in [1.165, 1.54) is 49.7 Å². The van der Waals surface area contributed by atoms with Gasteiger partial charge in [-0.25, -0.2) is 0 Å². The smallest absolute Gasteiger partial charge is 0.126 e. The molecule has 0 saturated heterocycles. The molecule has 1 aromatic heterocycles. The molecule has 5 aromatic rings. The van der Waals surface area contributed by atoms with Crippen molar-refractivity contribution in [1.82, 2.24) is 4.57 Å². The van der Waals surface area contributed by atoms with Crippen LogP contribution in [0, 0.1) is 6.92 Å². The number of ether oxygens (including phenoxy) is 1. The Labute approximate surface area is 215 Å². The summed E-state index contributed by atoms with van der Waals surface area (Å²) in [6.45, 7) is 15.9. The maximum Gasteiger partial charge on any atom is 0.126 e. The minimum atomic E-state index is -0.00909. The van der Waals surface area contributed by atoms with Gasteiger partial charge in [0.1, 0.15) is 5.75 Å². The van der Waals surface area contributed by atoms with Crippen molar-refractivity contribution in [3.8, 4) is 22.6 Å². The average molecular weight is 476 g/mol. The van der Waals surface area contributed by atoms with Crippen LogP contribution in [0.1, 0.15) is 58.2 Å². The first-order chi connectivity index (χ1) is 17.0. The highest BCUT2D eigenvalue weighted by molar-refractivity contribution is 6.09. The Kier molecular flexibility index (Phi) is 5.75. The van der Waals surface area contributed by atoms with Crippen molar-refractivity contribution >= 4 is 21.8 Å². The molecule has 2 nitrogen and oxygen atoms in total. The van der Waals surface area contributed by atoms with Gasteiger partial charge < -0.3 is 9.30 Å². The molecule has 36 heavy (non-hydrogen) atoms. The van der Waals surface area contributed by atoms with E-state index in [-0.39, 0.29) is 10.8 Å². The number of rotatable bonds is 3. The summed E-state index contributed by atoms with van der Waals surface area (Å²) in [4.78, 5) is 0. The summed E-state index contributed by atoms with van der Waals surface area (Å²) < 4.78 is 8.36. The van der Waals surface area contributed by atoms with Crippen molar-refractivity contribution < 1.29 is 4.74 Å². The highest BCUT2D eigenvalue weighted by atomic mass is 16.5. The molecule has 0 spiro atoms. The molecular weight excluding hydrogens is 438 g/mol. The number of hydrogen-bond acceptors (Lipinski definition) is 1. The third kappa shape index (κ3) is 3.99. The zero-order chi connectivity index (χ0) is 25.8. The Morgan fingerprint density at radius 3 is 1.67 bits per heavy atom. The van der Waals surface area contributed by atoms with E-state index in [9.17, 15) is 0 Å². The molecule has 0 aliphatic rings. The van der Waals surface area contributed by atoms with Crippen molar-refractivity contribution in [2.75, 3.05) is 7.11 Å². The van der Waals surface area contributed by atoms with E-state index in [4.69, 9.17) is 4.74 Å². The van der Waals surface area contributed by atoms with E-state index in [0.29, 0.717) is 0 Å². The van der Waals surface area contributed by atoms with Crippen LogP contribution in [0.5, 0.6) is 5.75 Å². The lowest BCUT2D eigenvalue weighted by molar-refractivity contribution is 0.416.